The van der Waals surface area contributed by atoms with Crippen LogP contribution in [-0.2, 0) is 19.3 Å². The summed E-state index contributed by atoms with van der Waals surface area (Å²) in [6.45, 7) is 5.56. The van der Waals surface area contributed by atoms with Crippen LogP contribution < -0.4 is 4.90 Å². The van der Waals surface area contributed by atoms with E-state index in [1.54, 1.807) is 0 Å². The summed E-state index contributed by atoms with van der Waals surface area (Å²) in [4.78, 5) is 2.50. The number of aryl methyl sites for hydroxylation is 2. The van der Waals surface area contributed by atoms with Crippen molar-refractivity contribution in [2.24, 2.45) is 0 Å². The average molecular weight is 498 g/mol. The molecule has 0 aliphatic heterocycles. The minimum atomic E-state index is 0.984. The molecule has 3 aromatic rings. The lowest BCUT2D eigenvalue weighted by Gasteiger charge is -2.26. The van der Waals surface area contributed by atoms with E-state index >= 15 is 0 Å². The molecular weight excluding hydrogens is 446 g/mol. The van der Waals surface area contributed by atoms with Gasteiger partial charge in [0.25, 0.3) is 0 Å². The highest BCUT2D eigenvalue weighted by molar-refractivity contribution is 5.64. The SMILES string of the molecule is CCCCCCCCc1ccc(N(CCc2ccccc2)c2ccc(CCCCCCCC)cc2)cc1. The van der Waals surface area contributed by atoms with E-state index in [9.17, 15) is 0 Å². The van der Waals surface area contributed by atoms with E-state index in [0.717, 1.165) is 13.0 Å². The highest BCUT2D eigenvalue weighted by Gasteiger charge is 2.10. The van der Waals surface area contributed by atoms with Crippen LogP contribution in [0.25, 0.3) is 0 Å². The van der Waals surface area contributed by atoms with Crippen LogP contribution in [0.15, 0.2) is 78.9 Å². The Morgan fingerprint density at radius 1 is 0.405 bits per heavy atom. The molecule has 0 fully saturated rings. The van der Waals surface area contributed by atoms with E-state index in [1.165, 1.54) is 118 Å². The number of anilines is 2. The maximum Gasteiger partial charge on any atom is 0.0411 e. The quantitative estimate of drug-likeness (QED) is 0.149. The molecule has 200 valence electrons. The van der Waals surface area contributed by atoms with Gasteiger partial charge >= 0.3 is 0 Å². The van der Waals surface area contributed by atoms with Crippen LogP contribution in [0.2, 0.25) is 0 Å². The minimum absolute atomic E-state index is 0.984. The zero-order valence-corrected chi connectivity index (χ0v) is 23.8. The zero-order valence-electron chi connectivity index (χ0n) is 23.8. The number of nitrogens with zero attached hydrogens (tertiary/aromatic N) is 1. The fourth-order valence-corrected chi connectivity index (χ4v) is 5.20. The predicted octanol–water partition coefficient (Wildman–Crippen LogP) is 10.9. The second kappa shape index (κ2) is 17.8. The number of hydrogen-bond acceptors (Lipinski definition) is 1. The van der Waals surface area contributed by atoms with Crippen molar-refractivity contribution in [1.29, 1.82) is 0 Å². The number of rotatable bonds is 19. The van der Waals surface area contributed by atoms with Gasteiger partial charge in [-0.1, -0.05) is 133 Å². The Morgan fingerprint density at radius 3 is 1.27 bits per heavy atom. The molecule has 0 spiro atoms. The number of unbranched alkanes of at least 4 members (excludes halogenated alkanes) is 10. The third-order valence-corrected chi connectivity index (χ3v) is 7.60. The summed E-state index contributed by atoms with van der Waals surface area (Å²) in [7, 11) is 0. The molecule has 3 rings (SSSR count). The molecule has 37 heavy (non-hydrogen) atoms. The number of benzene rings is 3. The molecule has 1 heteroatoms. The molecule has 0 saturated carbocycles. The topological polar surface area (TPSA) is 3.24 Å². The maximum absolute atomic E-state index is 2.50. The van der Waals surface area contributed by atoms with Crippen LogP contribution in [0.4, 0.5) is 11.4 Å². The lowest BCUT2D eigenvalue weighted by Crippen LogP contribution is -2.20. The monoisotopic (exact) mass is 497 g/mol. The Kier molecular flexibility index (Phi) is 14.0. The molecule has 0 N–H and O–H groups in total. The predicted molar refractivity (Wildman–Crippen MR) is 164 cm³/mol. The zero-order chi connectivity index (χ0) is 26.0. The van der Waals surface area contributed by atoms with Gasteiger partial charge in [0.15, 0.2) is 0 Å². The van der Waals surface area contributed by atoms with Crippen LogP contribution in [0.5, 0.6) is 0 Å². The molecule has 0 amide bonds. The highest BCUT2D eigenvalue weighted by Crippen LogP contribution is 2.27. The summed E-state index contributed by atoms with van der Waals surface area (Å²) in [5.74, 6) is 0. The van der Waals surface area contributed by atoms with Crippen molar-refractivity contribution in [2.75, 3.05) is 11.4 Å². The van der Waals surface area contributed by atoms with Crippen LogP contribution in [0, 0.1) is 0 Å². The maximum atomic E-state index is 2.50. The van der Waals surface area contributed by atoms with Gasteiger partial charge in [0.2, 0.25) is 0 Å². The minimum Gasteiger partial charge on any atom is -0.341 e. The van der Waals surface area contributed by atoms with E-state index in [4.69, 9.17) is 0 Å². The fourth-order valence-electron chi connectivity index (χ4n) is 5.20. The molecule has 3 aromatic carbocycles. The van der Waals surface area contributed by atoms with Crippen molar-refractivity contribution in [3.63, 3.8) is 0 Å². The first kappa shape index (κ1) is 29.0. The summed E-state index contributed by atoms with van der Waals surface area (Å²) in [6.07, 6.45) is 19.7. The van der Waals surface area contributed by atoms with Crippen LogP contribution in [0.1, 0.15) is 108 Å². The van der Waals surface area contributed by atoms with Gasteiger partial charge in [-0.05, 0) is 73.1 Å². The van der Waals surface area contributed by atoms with E-state index in [2.05, 4.69) is 97.6 Å². The summed E-state index contributed by atoms with van der Waals surface area (Å²) >= 11 is 0. The largest absolute Gasteiger partial charge is 0.341 e. The molecule has 0 aliphatic carbocycles. The number of hydrogen-bond donors (Lipinski definition) is 0. The normalized spacial score (nSPS) is 11.1. The van der Waals surface area contributed by atoms with E-state index in [0.29, 0.717) is 0 Å². The van der Waals surface area contributed by atoms with E-state index < -0.39 is 0 Å². The Balaban J connectivity index is 1.60. The van der Waals surface area contributed by atoms with Gasteiger partial charge < -0.3 is 4.90 Å². The van der Waals surface area contributed by atoms with Gasteiger partial charge in [-0.25, -0.2) is 0 Å². The van der Waals surface area contributed by atoms with Crippen molar-refractivity contribution in [2.45, 2.75) is 110 Å². The molecular formula is C36H51N. The molecule has 0 bridgehead atoms. The Labute approximate surface area is 228 Å². The molecule has 0 atom stereocenters. The van der Waals surface area contributed by atoms with Gasteiger partial charge in [-0.2, -0.15) is 0 Å². The van der Waals surface area contributed by atoms with Crippen molar-refractivity contribution >= 4 is 11.4 Å². The Morgan fingerprint density at radius 2 is 0.811 bits per heavy atom. The molecule has 0 heterocycles. The lowest BCUT2D eigenvalue weighted by atomic mass is 10.0. The standard InChI is InChI=1S/C36H51N/c1-3-5-7-9-11-14-20-33-22-26-35(27-23-33)37(31-30-32-18-16-13-17-19-32)36-28-24-34(25-29-36)21-15-12-10-8-6-4-2/h13,16-19,22-29H,3-12,14-15,20-21,30-31H2,1-2H3. The molecule has 0 unspecified atom stereocenters. The van der Waals surface area contributed by atoms with Crippen LogP contribution in [-0.4, -0.2) is 6.54 Å². The van der Waals surface area contributed by atoms with E-state index in [-0.39, 0.29) is 0 Å². The lowest BCUT2D eigenvalue weighted by molar-refractivity contribution is 0.607. The van der Waals surface area contributed by atoms with Gasteiger partial charge in [0.1, 0.15) is 0 Å². The second-order valence-electron chi connectivity index (χ2n) is 10.8. The Bertz CT molecular complexity index is 883. The molecule has 1 nitrogen and oxygen atoms in total. The highest BCUT2D eigenvalue weighted by atomic mass is 15.1. The first-order valence-corrected chi connectivity index (χ1v) is 15.3. The average Bonchev–Trinajstić information content (AvgIpc) is 2.94. The summed E-state index contributed by atoms with van der Waals surface area (Å²) in [5, 5.41) is 0. The molecule has 0 radical (unpaired) electrons. The summed E-state index contributed by atoms with van der Waals surface area (Å²) in [5.41, 5.74) is 6.93. The smallest absolute Gasteiger partial charge is 0.0411 e. The van der Waals surface area contributed by atoms with Crippen molar-refractivity contribution in [3.8, 4) is 0 Å². The van der Waals surface area contributed by atoms with Gasteiger partial charge in [0, 0.05) is 17.9 Å². The van der Waals surface area contributed by atoms with Crippen LogP contribution >= 0.6 is 0 Å². The van der Waals surface area contributed by atoms with Gasteiger partial charge in [-0.15, -0.1) is 0 Å². The van der Waals surface area contributed by atoms with Crippen molar-refractivity contribution in [3.05, 3.63) is 95.6 Å². The second-order valence-corrected chi connectivity index (χ2v) is 10.8. The molecule has 0 aromatic heterocycles. The van der Waals surface area contributed by atoms with Crippen LogP contribution in [0.3, 0.4) is 0 Å². The Hall–Kier alpha value is -2.54. The van der Waals surface area contributed by atoms with E-state index in [1.807, 2.05) is 0 Å². The van der Waals surface area contributed by atoms with Crippen molar-refractivity contribution in [1.82, 2.24) is 0 Å². The summed E-state index contributed by atoms with van der Waals surface area (Å²) < 4.78 is 0. The van der Waals surface area contributed by atoms with Crippen molar-refractivity contribution < 1.29 is 0 Å². The third kappa shape index (κ3) is 11.2. The van der Waals surface area contributed by atoms with Gasteiger partial charge in [0.05, 0.1) is 0 Å². The fraction of sp³-hybridized carbons (Fsp3) is 0.500. The first-order valence-electron chi connectivity index (χ1n) is 15.3. The van der Waals surface area contributed by atoms with Gasteiger partial charge in [-0.3, -0.25) is 0 Å². The third-order valence-electron chi connectivity index (χ3n) is 7.60. The summed E-state index contributed by atoms with van der Waals surface area (Å²) in [6, 6.07) is 29.6. The molecule has 0 saturated heterocycles. The first-order chi connectivity index (χ1) is 18.3. The molecule has 0 aliphatic rings.